The molecule has 5 nitrogen and oxygen atoms in total. The SMILES string of the molecule is Cc1cc(C(=O)Cl)n(CC2=COC(C)(C)O2)n1. The van der Waals surface area contributed by atoms with Gasteiger partial charge in [-0.05, 0) is 24.6 Å². The molecule has 6 heteroatoms. The number of carbonyl (C=O) groups excluding carboxylic acids is 1. The standard InChI is InChI=1S/C11H13ClN2O3/c1-7-4-9(10(12)15)14(13-7)5-8-6-16-11(2,3)17-8/h4,6H,5H2,1-3H3. The van der Waals surface area contributed by atoms with Gasteiger partial charge in [0, 0.05) is 13.8 Å². The van der Waals surface area contributed by atoms with Crippen LogP contribution in [0.5, 0.6) is 0 Å². The van der Waals surface area contributed by atoms with Gasteiger partial charge in [0.1, 0.15) is 18.5 Å². The summed E-state index contributed by atoms with van der Waals surface area (Å²) < 4.78 is 12.3. The molecule has 1 aromatic heterocycles. The molecule has 1 aliphatic rings. The van der Waals surface area contributed by atoms with E-state index >= 15 is 0 Å². The minimum Gasteiger partial charge on any atom is -0.457 e. The molecule has 0 saturated carbocycles. The zero-order chi connectivity index (χ0) is 12.6. The molecule has 0 spiro atoms. The predicted octanol–water partition coefficient (Wildman–Crippen LogP) is 2.19. The highest BCUT2D eigenvalue weighted by atomic mass is 35.5. The molecule has 0 aliphatic carbocycles. The summed E-state index contributed by atoms with van der Waals surface area (Å²) in [6.45, 7) is 5.73. The Morgan fingerprint density at radius 2 is 2.29 bits per heavy atom. The largest absolute Gasteiger partial charge is 0.457 e. The van der Waals surface area contributed by atoms with E-state index in [9.17, 15) is 4.79 Å². The molecule has 0 bridgehead atoms. The first-order valence-electron chi connectivity index (χ1n) is 5.17. The number of aromatic nitrogens is 2. The first-order valence-corrected chi connectivity index (χ1v) is 5.55. The number of carbonyl (C=O) groups is 1. The van der Waals surface area contributed by atoms with Crippen LogP contribution in [0.2, 0.25) is 0 Å². The second-order valence-electron chi connectivity index (χ2n) is 4.31. The molecule has 1 aliphatic heterocycles. The Kier molecular flexibility index (Phi) is 2.87. The number of nitrogens with zero attached hydrogens (tertiary/aromatic N) is 2. The van der Waals surface area contributed by atoms with E-state index < -0.39 is 11.0 Å². The number of allylic oxidation sites excluding steroid dienone is 1. The van der Waals surface area contributed by atoms with Crippen LogP contribution < -0.4 is 0 Å². The van der Waals surface area contributed by atoms with Crippen molar-refractivity contribution in [1.82, 2.24) is 9.78 Å². The highest BCUT2D eigenvalue weighted by Gasteiger charge is 2.28. The van der Waals surface area contributed by atoms with E-state index in [0.717, 1.165) is 5.69 Å². The molecule has 0 radical (unpaired) electrons. The first-order chi connectivity index (χ1) is 7.87. The van der Waals surface area contributed by atoms with Gasteiger partial charge in [0.25, 0.3) is 5.24 Å². The predicted molar refractivity (Wildman–Crippen MR) is 61.5 cm³/mol. The van der Waals surface area contributed by atoms with E-state index in [-0.39, 0.29) is 0 Å². The van der Waals surface area contributed by atoms with Crippen molar-refractivity contribution in [2.75, 3.05) is 0 Å². The van der Waals surface area contributed by atoms with Crippen molar-refractivity contribution in [2.24, 2.45) is 0 Å². The molecule has 0 unspecified atom stereocenters. The quantitative estimate of drug-likeness (QED) is 0.778. The van der Waals surface area contributed by atoms with Crippen molar-refractivity contribution in [1.29, 1.82) is 0 Å². The van der Waals surface area contributed by atoms with Crippen molar-refractivity contribution in [3.8, 4) is 0 Å². The number of ether oxygens (including phenoxy) is 2. The molecule has 17 heavy (non-hydrogen) atoms. The number of halogens is 1. The number of hydrogen-bond donors (Lipinski definition) is 0. The van der Waals surface area contributed by atoms with Crippen LogP contribution in [0.3, 0.4) is 0 Å². The van der Waals surface area contributed by atoms with Crippen molar-refractivity contribution >= 4 is 16.8 Å². The maximum absolute atomic E-state index is 11.2. The van der Waals surface area contributed by atoms with Gasteiger partial charge in [0.15, 0.2) is 5.76 Å². The van der Waals surface area contributed by atoms with Gasteiger partial charge in [-0.3, -0.25) is 9.48 Å². The van der Waals surface area contributed by atoms with Crippen LogP contribution in [0.15, 0.2) is 18.1 Å². The highest BCUT2D eigenvalue weighted by molar-refractivity contribution is 6.67. The summed E-state index contributed by atoms with van der Waals surface area (Å²) in [4.78, 5) is 11.2. The normalized spacial score (nSPS) is 17.3. The fourth-order valence-electron chi connectivity index (χ4n) is 1.61. The van der Waals surface area contributed by atoms with Gasteiger partial charge >= 0.3 is 0 Å². The lowest BCUT2D eigenvalue weighted by Gasteiger charge is -2.18. The molecule has 2 heterocycles. The fourth-order valence-corrected chi connectivity index (χ4v) is 1.76. The Bertz CT molecular complexity index is 491. The summed E-state index contributed by atoms with van der Waals surface area (Å²) in [6.07, 6.45) is 1.53. The summed E-state index contributed by atoms with van der Waals surface area (Å²) in [5.41, 5.74) is 1.08. The maximum Gasteiger partial charge on any atom is 0.270 e. The Hall–Kier alpha value is -1.49. The van der Waals surface area contributed by atoms with E-state index in [1.54, 1.807) is 26.8 Å². The Labute approximate surface area is 104 Å². The van der Waals surface area contributed by atoms with Crippen LogP contribution in [0.25, 0.3) is 0 Å². The second-order valence-corrected chi connectivity index (χ2v) is 4.65. The number of aryl methyl sites for hydroxylation is 1. The lowest BCUT2D eigenvalue weighted by Crippen LogP contribution is -2.21. The lowest BCUT2D eigenvalue weighted by atomic mass is 10.4. The third-order valence-electron chi connectivity index (χ3n) is 2.26. The van der Waals surface area contributed by atoms with E-state index in [0.29, 0.717) is 18.0 Å². The Morgan fingerprint density at radius 1 is 1.59 bits per heavy atom. The van der Waals surface area contributed by atoms with Gasteiger partial charge in [-0.1, -0.05) is 0 Å². The smallest absolute Gasteiger partial charge is 0.270 e. The lowest BCUT2D eigenvalue weighted by molar-refractivity contribution is -0.118. The molecule has 0 atom stereocenters. The van der Waals surface area contributed by atoms with Crippen LogP contribution in [0.1, 0.15) is 30.0 Å². The zero-order valence-corrected chi connectivity index (χ0v) is 10.6. The van der Waals surface area contributed by atoms with Crippen LogP contribution in [-0.2, 0) is 16.0 Å². The number of rotatable bonds is 3. The summed E-state index contributed by atoms with van der Waals surface area (Å²) in [5, 5.41) is 3.64. The average molecular weight is 257 g/mol. The van der Waals surface area contributed by atoms with Crippen molar-refractivity contribution in [3.63, 3.8) is 0 Å². The minimum absolute atomic E-state index is 0.324. The van der Waals surface area contributed by atoms with E-state index in [4.69, 9.17) is 21.1 Å². The number of hydrogen-bond acceptors (Lipinski definition) is 4. The topological polar surface area (TPSA) is 53.4 Å². The Morgan fingerprint density at radius 3 is 2.82 bits per heavy atom. The second kappa shape index (κ2) is 4.07. The highest BCUT2D eigenvalue weighted by Crippen LogP contribution is 2.25. The molecule has 1 aromatic rings. The van der Waals surface area contributed by atoms with E-state index in [2.05, 4.69) is 5.10 Å². The van der Waals surface area contributed by atoms with E-state index in [1.165, 1.54) is 10.9 Å². The van der Waals surface area contributed by atoms with Gasteiger partial charge in [-0.2, -0.15) is 5.10 Å². The van der Waals surface area contributed by atoms with Gasteiger partial charge in [0.05, 0.1) is 5.69 Å². The summed E-state index contributed by atoms with van der Waals surface area (Å²) >= 11 is 5.47. The molecular formula is C11H13ClN2O3. The molecule has 0 saturated heterocycles. The third-order valence-corrected chi connectivity index (χ3v) is 2.45. The van der Waals surface area contributed by atoms with Crippen LogP contribution in [-0.4, -0.2) is 20.8 Å². The van der Waals surface area contributed by atoms with Crippen molar-refractivity contribution in [2.45, 2.75) is 33.1 Å². The van der Waals surface area contributed by atoms with Crippen LogP contribution in [0, 0.1) is 6.92 Å². The molecule has 0 N–H and O–H groups in total. The van der Waals surface area contributed by atoms with Gasteiger partial charge < -0.3 is 9.47 Å². The zero-order valence-electron chi connectivity index (χ0n) is 9.86. The van der Waals surface area contributed by atoms with Gasteiger partial charge in [-0.25, -0.2) is 0 Å². The summed E-state index contributed by atoms with van der Waals surface area (Å²) in [6, 6.07) is 1.64. The van der Waals surface area contributed by atoms with Gasteiger partial charge in [-0.15, -0.1) is 0 Å². The molecular weight excluding hydrogens is 244 g/mol. The fraction of sp³-hybridized carbons (Fsp3) is 0.455. The molecule has 0 aromatic carbocycles. The van der Waals surface area contributed by atoms with Crippen LogP contribution >= 0.6 is 11.6 Å². The van der Waals surface area contributed by atoms with Crippen molar-refractivity contribution in [3.05, 3.63) is 29.5 Å². The monoisotopic (exact) mass is 256 g/mol. The van der Waals surface area contributed by atoms with Gasteiger partial charge in [0.2, 0.25) is 5.79 Å². The molecule has 92 valence electrons. The van der Waals surface area contributed by atoms with Crippen molar-refractivity contribution < 1.29 is 14.3 Å². The summed E-state index contributed by atoms with van der Waals surface area (Å²) in [7, 11) is 0. The minimum atomic E-state index is -0.664. The third kappa shape index (κ3) is 2.61. The molecule has 0 amide bonds. The Balaban J connectivity index is 2.17. The maximum atomic E-state index is 11.2. The molecule has 0 fully saturated rings. The molecule has 2 rings (SSSR count). The van der Waals surface area contributed by atoms with E-state index in [1.807, 2.05) is 0 Å². The first kappa shape index (κ1) is 12.0. The average Bonchev–Trinajstić information content (AvgIpc) is 2.70. The summed E-state index contributed by atoms with van der Waals surface area (Å²) in [5.74, 6) is -0.0554. The van der Waals surface area contributed by atoms with Crippen LogP contribution in [0.4, 0.5) is 0 Å².